The Bertz CT molecular complexity index is 216. The van der Waals surface area contributed by atoms with Crippen LogP contribution in [0.15, 0.2) is 24.5 Å². The second kappa shape index (κ2) is 3.11. The van der Waals surface area contributed by atoms with E-state index >= 15 is 0 Å². The molecular formula is C8H10N2. The zero-order valence-corrected chi connectivity index (χ0v) is 5.96. The van der Waals surface area contributed by atoms with Crippen molar-refractivity contribution in [3.63, 3.8) is 0 Å². The molecule has 0 fully saturated rings. The Labute approximate surface area is 60.4 Å². The lowest BCUT2D eigenvalue weighted by atomic mass is 10.1. The average molecular weight is 134 g/mol. The Kier molecular flexibility index (Phi) is 2.15. The van der Waals surface area contributed by atoms with Gasteiger partial charge >= 0.3 is 0 Å². The van der Waals surface area contributed by atoms with Crippen molar-refractivity contribution in [3.8, 4) is 0 Å². The molecule has 0 saturated carbocycles. The molecule has 0 aliphatic heterocycles. The van der Waals surface area contributed by atoms with Crippen molar-refractivity contribution in [1.29, 1.82) is 5.41 Å². The summed E-state index contributed by atoms with van der Waals surface area (Å²) in [6.45, 7) is 1.80. The molecule has 0 aromatic carbocycles. The third kappa shape index (κ3) is 1.97. The fraction of sp³-hybridized carbons (Fsp3) is 0.250. The van der Waals surface area contributed by atoms with Crippen LogP contribution in [0, 0.1) is 5.41 Å². The van der Waals surface area contributed by atoms with Crippen LogP contribution in [0.3, 0.4) is 0 Å². The van der Waals surface area contributed by atoms with E-state index in [0.29, 0.717) is 12.1 Å². The summed E-state index contributed by atoms with van der Waals surface area (Å²) in [5.41, 5.74) is 1.78. The minimum absolute atomic E-state index is 0.674. The maximum atomic E-state index is 7.20. The van der Waals surface area contributed by atoms with E-state index < -0.39 is 0 Å². The molecule has 1 aromatic heterocycles. The molecule has 0 radical (unpaired) electrons. The monoisotopic (exact) mass is 134 g/mol. The second-order valence-corrected chi connectivity index (χ2v) is 2.32. The highest BCUT2D eigenvalue weighted by Gasteiger charge is 1.91. The standard InChI is InChI=1S/C8H10N2/c1-7(9)5-8-3-2-4-10-6-8/h2-4,6,9H,5H2,1H3. The minimum Gasteiger partial charge on any atom is -0.310 e. The molecule has 0 saturated heterocycles. The SMILES string of the molecule is CC(=N)Cc1cccnc1. The smallest absolute Gasteiger partial charge is 0.0303 e. The predicted molar refractivity (Wildman–Crippen MR) is 41.3 cm³/mol. The van der Waals surface area contributed by atoms with Crippen LogP contribution in [-0.2, 0) is 6.42 Å². The maximum Gasteiger partial charge on any atom is 0.0303 e. The van der Waals surface area contributed by atoms with Crippen LogP contribution in [0.1, 0.15) is 12.5 Å². The lowest BCUT2D eigenvalue weighted by molar-refractivity contribution is 1.20. The first kappa shape index (κ1) is 6.93. The maximum absolute atomic E-state index is 7.20. The Hall–Kier alpha value is -1.18. The van der Waals surface area contributed by atoms with E-state index in [1.807, 2.05) is 12.1 Å². The van der Waals surface area contributed by atoms with Crippen LogP contribution >= 0.6 is 0 Å². The van der Waals surface area contributed by atoms with Gasteiger partial charge in [-0.1, -0.05) is 6.07 Å². The van der Waals surface area contributed by atoms with Gasteiger partial charge in [-0.3, -0.25) is 4.98 Å². The topological polar surface area (TPSA) is 36.7 Å². The number of nitrogens with zero attached hydrogens (tertiary/aromatic N) is 1. The Balaban J connectivity index is 2.67. The number of pyridine rings is 1. The van der Waals surface area contributed by atoms with Gasteiger partial charge in [-0.05, 0) is 18.6 Å². The van der Waals surface area contributed by atoms with E-state index in [4.69, 9.17) is 5.41 Å². The molecule has 0 aliphatic carbocycles. The zero-order valence-electron chi connectivity index (χ0n) is 5.96. The molecule has 2 heteroatoms. The van der Waals surface area contributed by atoms with Crippen LogP contribution in [0.2, 0.25) is 0 Å². The highest BCUT2D eigenvalue weighted by molar-refractivity contribution is 5.80. The van der Waals surface area contributed by atoms with E-state index in [2.05, 4.69) is 4.98 Å². The van der Waals surface area contributed by atoms with E-state index in [1.54, 1.807) is 19.3 Å². The summed E-state index contributed by atoms with van der Waals surface area (Å²) >= 11 is 0. The van der Waals surface area contributed by atoms with Crippen LogP contribution in [-0.4, -0.2) is 10.7 Å². The van der Waals surface area contributed by atoms with E-state index in [1.165, 1.54) is 0 Å². The molecule has 0 amide bonds. The van der Waals surface area contributed by atoms with Gasteiger partial charge in [0.1, 0.15) is 0 Å². The van der Waals surface area contributed by atoms with Crippen LogP contribution in [0.5, 0.6) is 0 Å². The van der Waals surface area contributed by atoms with Crippen molar-refractivity contribution in [2.75, 3.05) is 0 Å². The van der Waals surface area contributed by atoms with Crippen molar-refractivity contribution in [2.45, 2.75) is 13.3 Å². The summed E-state index contributed by atoms with van der Waals surface area (Å²) < 4.78 is 0. The van der Waals surface area contributed by atoms with Gasteiger partial charge in [-0.15, -0.1) is 0 Å². The van der Waals surface area contributed by atoms with Gasteiger partial charge in [0.2, 0.25) is 0 Å². The van der Waals surface area contributed by atoms with Crippen LogP contribution in [0.4, 0.5) is 0 Å². The molecule has 2 nitrogen and oxygen atoms in total. The van der Waals surface area contributed by atoms with Gasteiger partial charge in [-0.2, -0.15) is 0 Å². The molecule has 1 heterocycles. The zero-order chi connectivity index (χ0) is 7.40. The summed E-state index contributed by atoms with van der Waals surface area (Å²) in [7, 11) is 0. The van der Waals surface area contributed by atoms with E-state index in [0.717, 1.165) is 5.56 Å². The third-order valence-electron chi connectivity index (χ3n) is 1.19. The Morgan fingerprint density at radius 2 is 2.50 bits per heavy atom. The largest absolute Gasteiger partial charge is 0.310 e. The molecule has 0 unspecified atom stereocenters. The fourth-order valence-electron chi connectivity index (χ4n) is 0.809. The number of hydrogen-bond donors (Lipinski definition) is 1. The van der Waals surface area contributed by atoms with Gasteiger partial charge in [0, 0.05) is 24.5 Å². The minimum atomic E-state index is 0.674. The molecule has 0 atom stereocenters. The van der Waals surface area contributed by atoms with Gasteiger partial charge in [0.15, 0.2) is 0 Å². The van der Waals surface area contributed by atoms with Gasteiger partial charge < -0.3 is 5.41 Å². The summed E-state index contributed by atoms with van der Waals surface area (Å²) in [6.07, 6.45) is 4.24. The second-order valence-electron chi connectivity index (χ2n) is 2.32. The highest BCUT2D eigenvalue weighted by Crippen LogP contribution is 1.96. The van der Waals surface area contributed by atoms with Crippen molar-refractivity contribution in [2.24, 2.45) is 0 Å². The third-order valence-corrected chi connectivity index (χ3v) is 1.19. The highest BCUT2D eigenvalue weighted by atomic mass is 14.6. The molecule has 0 bridgehead atoms. The Morgan fingerprint density at radius 3 is 3.00 bits per heavy atom. The van der Waals surface area contributed by atoms with Crippen molar-refractivity contribution in [1.82, 2.24) is 4.98 Å². The van der Waals surface area contributed by atoms with Crippen molar-refractivity contribution < 1.29 is 0 Å². The Morgan fingerprint density at radius 1 is 1.70 bits per heavy atom. The molecule has 10 heavy (non-hydrogen) atoms. The normalized spacial score (nSPS) is 9.30. The average Bonchev–Trinajstić information content (AvgIpc) is 1.88. The van der Waals surface area contributed by atoms with Crippen LogP contribution < -0.4 is 0 Å². The lowest BCUT2D eigenvalue weighted by Gasteiger charge is -1.95. The lowest BCUT2D eigenvalue weighted by Crippen LogP contribution is -1.94. The first-order valence-electron chi connectivity index (χ1n) is 3.22. The predicted octanol–water partition coefficient (Wildman–Crippen LogP) is 1.66. The number of hydrogen-bond acceptors (Lipinski definition) is 2. The van der Waals surface area contributed by atoms with Crippen molar-refractivity contribution >= 4 is 5.71 Å². The molecule has 0 aliphatic rings. The van der Waals surface area contributed by atoms with Crippen molar-refractivity contribution in [3.05, 3.63) is 30.1 Å². The van der Waals surface area contributed by atoms with Gasteiger partial charge in [0.05, 0.1) is 0 Å². The first-order chi connectivity index (χ1) is 4.79. The van der Waals surface area contributed by atoms with Crippen LogP contribution in [0.25, 0.3) is 0 Å². The molecule has 0 spiro atoms. The fourth-order valence-corrected chi connectivity index (χ4v) is 0.809. The summed E-state index contributed by atoms with van der Waals surface area (Å²) in [6, 6.07) is 3.86. The first-order valence-corrected chi connectivity index (χ1v) is 3.22. The summed E-state index contributed by atoms with van der Waals surface area (Å²) in [5.74, 6) is 0. The summed E-state index contributed by atoms with van der Waals surface area (Å²) in [4.78, 5) is 3.94. The number of aromatic nitrogens is 1. The molecule has 1 N–H and O–H groups in total. The van der Waals surface area contributed by atoms with Gasteiger partial charge in [-0.25, -0.2) is 0 Å². The van der Waals surface area contributed by atoms with E-state index in [-0.39, 0.29) is 0 Å². The summed E-state index contributed by atoms with van der Waals surface area (Å²) in [5, 5.41) is 7.20. The van der Waals surface area contributed by atoms with Gasteiger partial charge in [0.25, 0.3) is 0 Å². The van der Waals surface area contributed by atoms with E-state index in [9.17, 15) is 0 Å². The molecule has 52 valence electrons. The number of rotatable bonds is 2. The molecule has 1 rings (SSSR count). The molecular weight excluding hydrogens is 124 g/mol. The molecule has 1 aromatic rings. The quantitative estimate of drug-likeness (QED) is 0.613. The number of nitrogens with one attached hydrogen (secondary N) is 1.